The van der Waals surface area contributed by atoms with E-state index in [2.05, 4.69) is 5.43 Å². The van der Waals surface area contributed by atoms with Crippen LogP contribution in [0.3, 0.4) is 0 Å². The molecule has 1 N–H and O–H groups in total. The normalized spacial score (nSPS) is 15.4. The van der Waals surface area contributed by atoms with E-state index in [1.54, 1.807) is 48.5 Å². The Kier molecular flexibility index (Phi) is 6.06. The van der Waals surface area contributed by atoms with E-state index in [-0.39, 0.29) is 4.32 Å². The number of hydrazine groups is 1. The van der Waals surface area contributed by atoms with E-state index in [4.69, 9.17) is 40.2 Å². The van der Waals surface area contributed by atoms with Gasteiger partial charge in [0.1, 0.15) is 5.75 Å². The van der Waals surface area contributed by atoms with Crippen LogP contribution in [-0.4, -0.2) is 28.3 Å². The SMILES string of the molecule is COc1ccc(C(=O)NN2C(=O)/C(=C\c3ccc(Cl)cc3Cl)SC2=S)cc1. The van der Waals surface area contributed by atoms with Crippen LogP contribution in [-0.2, 0) is 4.79 Å². The van der Waals surface area contributed by atoms with Crippen molar-refractivity contribution in [3.63, 3.8) is 0 Å². The molecule has 1 fully saturated rings. The minimum Gasteiger partial charge on any atom is -0.497 e. The lowest BCUT2D eigenvalue weighted by Gasteiger charge is -2.15. The summed E-state index contributed by atoms with van der Waals surface area (Å²) in [6, 6.07) is 11.5. The van der Waals surface area contributed by atoms with Gasteiger partial charge in [0.25, 0.3) is 11.8 Å². The van der Waals surface area contributed by atoms with Gasteiger partial charge in [-0.25, -0.2) is 0 Å². The summed E-state index contributed by atoms with van der Waals surface area (Å²) >= 11 is 18.3. The fraction of sp³-hybridized carbons (Fsp3) is 0.0556. The van der Waals surface area contributed by atoms with Gasteiger partial charge < -0.3 is 4.74 Å². The summed E-state index contributed by atoms with van der Waals surface area (Å²) in [4.78, 5) is 25.3. The maximum absolute atomic E-state index is 12.6. The van der Waals surface area contributed by atoms with Gasteiger partial charge in [-0.1, -0.05) is 41.0 Å². The maximum Gasteiger partial charge on any atom is 0.285 e. The van der Waals surface area contributed by atoms with E-state index in [0.717, 1.165) is 16.8 Å². The molecular weight excluding hydrogens is 427 g/mol. The Morgan fingerprint density at radius 3 is 2.56 bits per heavy atom. The van der Waals surface area contributed by atoms with Gasteiger partial charge in [-0.3, -0.25) is 15.0 Å². The third-order valence-electron chi connectivity index (χ3n) is 3.61. The fourth-order valence-electron chi connectivity index (χ4n) is 2.23. The number of carbonyl (C=O) groups excluding carboxylic acids is 2. The van der Waals surface area contributed by atoms with E-state index in [1.807, 2.05) is 0 Å². The molecule has 27 heavy (non-hydrogen) atoms. The second-order valence-corrected chi connectivity index (χ2v) is 7.87. The molecule has 0 bridgehead atoms. The van der Waals surface area contributed by atoms with Crippen molar-refractivity contribution in [2.24, 2.45) is 0 Å². The van der Waals surface area contributed by atoms with E-state index >= 15 is 0 Å². The molecule has 2 aromatic carbocycles. The largest absolute Gasteiger partial charge is 0.497 e. The number of thiocarbonyl (C=S) groups is 1. The third kappa shape index (κ3) is 4.44. The van der Waals surface area contributed by atoms with Gasteiger partial charge in [-0.15, -0.1) is 0 Å². The van der Waals surface area contributed by atoms with Gasteiger partial charge in [0.15, 0.2) is 4.32 Å². The van der Waals surface area contributed by atoms with Crippen LogP contribution in [0.25, 0.3) is 6.08 Å². The predicted molar refractivity (Wildman–Crippen MR) is 112 cm³/mol. The molecule has 0 saturated carbocycles. The first-order chi connectivity index (χ1) is 12.9. The lowest BCUT2D eigenvalue weighted by Crippen LogP contribution is -2.44. The first-order valence-corrected chi connectivity index (χ1v) is 9.55. The van der Waals surface area contributed by atoms with Crippen LogP contribution in [0.5, 0.6) is 5.75 Å². The van der Waals surface area contributed by atoms with Crippen molar-refractivity contribution in [1.82, 2.24) is 10.4 Å². The fourth-order valence-corrected chi connectivity index (χ4v) is 3.87. The molecule has 2 amide bonds. The molecule has 9 heteroatoms. The summed E-state index contributed by atoms with van der Waals surface area (Å²) in [5.74, 6) is -0.266. The Hall–Kier alpha value is -2.06. The standard InChI is InChI=1S/C18H12Cl2N2O3S2/c1-25-13-6-3-10(4-7-13)16(23)21-22-17(24)15(27-18(22)26)8-11-2-5-12(19)9-14(11)20/h2-9H,1H3,(H,21,23)/b15-8+. The number of methoxy groups -OCH3 is 1. The second kappa shape index (κ2) is 8.31. The number of benzene rings is 2. The number of halogens is 2. The zero-order valence-corrected chi connectivity index (χ0v) is 17.0. The minimum absolute atomic E-state index is 0.221. The van der Waals surface area contributed by atoms with Crippen molar-refractivity contribution in [1.29, 1.82) is 0 Å². The highest BCUT2D eigenvalue weighted by Crippen LogP contribution is 2.33. The zero-order valence-electron chi connectivity index (χ0n) is 13.9. The average Bonchev–Trinajstić information content (AvgIpc) is 2.91. The Labute approximate surface area is 175 Å². The smallest absolute Gasteiger partial charge is 0.285 e. The molecule has 0 atom stereocenters. The van der Waals surface area contributed by atoms with Crippen molar-refractivity contribution in [2.75, 3.05) is 7.11 Å². The number of hydrogen-bond acceptors (Lipinski definition) is 5. The van der Waals surface area contributed by atoms with Crippen LogP contribution in [0.4, 0.5) is 0 Å². The molecule has 1 saturated heterocycles. The van der Waals surface area contributed by atoms with Crippen LogP contribution in [0.15, 0.2) is 47.4 Å². The molecule has 0 aliphatic carbocycles. The van der Waals surface area contributed by atoms with Crippen molar-refractivity contribution in [3.05, 3.63) is 68.5 Å². The van der Waals surface area contributed by atoms with Crippen LogP contribution in [0.1, 0.15) is 15.9 Å². The van der Waals surface area contributed by atoms with Crippen LogP contribution >= 0.6 is 47.2 Å². The van der Waals surface area contributed by atoms with E-state index < -0.39 is 11.8 Å². The summed E-state index contributed by atoms with van der Waals surface area (Å²) in [5, 5.41) is 1.95. The average molecular weight is 439 g/mol. The number of thioether (sulfide) groups is 1. The molecule has 1 aliphatic rings. The van der Waals surface area contributed by atoms with Crippen molar-refractivity contribution < 1.29 is 14.3 Å². The highest BCUT2D eigenvalue weighted by atomic mass is 35.5. The molecule has 0 unspecified atom stereocenters. The number of carbonyl (C=O) groups is 2. The second-order valence-electron chi connectivity index (χ2n) is 5.35. The number of amides is 2. The van der Waals surface area contributed by atoms with E-state index in [9.17, 15) is 9.59 Å². The van der Waals surface area contributed by atoms with Crippen LogP contribution in [0.2, 0.25) is 10.0 Å². The first kappa shape index (κ1) is 19.7. The minimum atomic E-state index is -0.459. The number of nitrogens with one attached hydrogen (secondary N) is 1. The number of rotatable bonds is 4. The Morgan fingerprint density at radius 2 is 1.93 bits per heavy atom. The number of hydrogen-bond donors (Lipinski definition) is 1. The molecule has 138 valence electrons. The monoisotopic (exact) mass is 438 g/mol. The summed E-state index contributed by atoms with van der Waals surface area (Å²) in [5.41, 5.74) is 3.52. The predicted octanol–water partition coefficient (Wildman–Crippen LogP) is 4.55. The Morgan fingerprint density at radius 1 is 1.22 bits per heavy atom. The van der Waals surface area contributed by atoms with Crippen LogP contribution in [0, 0.1) is 0 Å². The number of ether oxygens (including phenoxy) is 1. The number of nitrogens with zero attached hydrogens (tertiary/aromatic N) is 1. The van der Waals surface area contributed by atoms with Gasteiger partial charge in [0.2, 0.25) is 0 Å². The zero-order chi connectivity index (χ0) is 19.6. The van der Waals surface area contributed by atoms with Gasteiger partial charge in [-0.05, 0) is 60.3 Å². The lowest BCUT2D eigenvalue weighted by atomic mass is 10.2. The van der Waals surface area contributed by atoms with E-state index in [1.165, 1.54) is 7.11 Å². The Balaban J connectivity index is 1.77. The van der Waals surface area contributed by atoms with Gasteiger partial charge >= 0.3 is 0 Å². The molecule has 0 aromatic heterocycles. The Bertz CT molecular complexity index is 962. The topological polar surface area (TPSA) is 58.6 Å². The molecule has 1 aliphatic heterocycles. The summed E-state index contributed by atoms with van der Waals surface area (Å²) in [6.07, 6.45) is 1.61. The maximum atomic E-state index is 12.6. The lowest BCUT2D eigenvalue weighted by molar-refractivity contribution is -0.123. The highest BCUT2D eigenvalue weighted by Gasteiger charge is 2.33. The quantitative estimate of drug-likeness (QED) is 0.560. The molecule has 3 rings (SSSR count). The van der Waals surface area contributed by atoms with E-state index in [0.29, 0.717) is 31.8 Å². The summed E-state index contributed by atoms with van der Waals surface area (Å²) < 4.78 is 5.28. The van der Waals surface area contributed by atoms with Crippen molar-refractivity contribution in [2.45, 2.75) is 0 Å². The van der Waals surface area contributed by atoms with Crippen LogP contribution < -0.4 is 10.2 Å². The molecule has 5 nitrogen and oxygen atoms in total. The summed E-state index contributed by atoms with van der Waals surface area (Å²) in [6.45, 7) is 0. The van der Waals surface area contributed by atoms with Crippen molar-refractivity contribution >= 4 is 69.4 Å². The molecule has 0 spiro atoms. The van der Waals surface area contributed by atoms with Gasteiger partial charge in [0, 0.05) is 15.6 Å². The molecular formula is C18H12Cl2N2O3S2. The first-order valence-electron chi connectivity index (χ1n) is 7.57. The molecule has 1 heterocycles. The summed E-state index contributed by atoms with van der Waals surface area (Å²) in [7, 11) is 1.54. The molecule has 0 radical (unpaired) electrons. The highest BCUT2D eigenvalue weighted by molar-refractivity contribution is 8.26. The van der Waals surface area contributed by atoms with Gasteiger partial charge in [-0.2, -0.15) is 5.01 Å². The third-order valence-corrected chi connectivity index (χ3v) is 5.47. The molecule has 2 aromatic rings. The van der Waals surface area contributed by atoms with Crippen molar-refractivity contribution in [3.8, 4) is 5.75 Å². The van der Waals surface area contributed by atoms with Gasteiger partial charge in [0.05, 0.1) is 12.0 Å².